The highest BCUT2D eigenvalue weighted by molar-refractivity contribution is 6.04. The fourth-order valence-electron chi connectivity index (χ4n) is 1.97. The van der Waals surface area contributed by atoms with Gasteiger partial charge in [-0.25, -0.2) is 9.78 Å². The van der Waals surface area contributed by atoms with E-state index in [1.54, 1.807) is 43.3 Å². The van der Waals surface area contributed by atoms with E-state index >= 15 is 0 Å². The summed E-state index contributed by atoms with van der Waals surface area (Å²) in [6.45, 7) is 3.32. The predicted octanol–water partition coefficient (Wildman–Crippen LogP) is 2.86. The Kier molecular flexibility index (Phi) is 6.05. The minimum Gasteiger partial charge on any atom is -0.450 e. The molecule has 0 saturated carbocycles. The maximum absolute atomic E-state index is 12.3. The third kappa shape index (κ3) is 5.61. The summed E-state index contributed by atoms with van der Waals surface area (Å²) in [4.78, 5) is 38.9. The smallest absolute Gasteiger partial charge is 0.411 e. The number of pyridine rings is 1. The number of nitrogens with zero attached hydrogens (tertiary/aromatic N) is 1. The minimum atomic E-state index is -0.593. The van der Waals surface area contributed by atoms with Crippen LogP contribution in [0.2, 0.25) is 0 Å². The molecular formula is C17H18N4O4. The molecule has 1 aromatic carbocycles. The molecule has 0 spiro atoms. The molecule has 0 aliphatic heterocycles. The van der Waals surface area contributed by atoms with Gasteiger partial charge < -0.3 is 15.4 Å². The Morgan fingerprint density at radius 3 is 2.36 bits per heavy atom. The van der Waals surface area contributed by atoms with Crippen molar-refractivity contribution in [3.63, 3.8) is 0 Å². The Morgan fingerprint density at radius 2 is 1.68 bits per heavy atom. The summed E-state index contributed by atoms with van der Waals surface area (Å²) in [6.07, 6.45) is -0.593. The van der Waals surface area contributed by atoms with Crippen LogP contribution in [-0.4, -0.2) is 29.5 Å². The summed E-state index contributed by atoms with van der Waals surface area (Å²) >= 11 is 0. The maximum atomic E-state index is 12.3. The largest absolute Gasteiger partial charge is 0.450 e. The number of anilines is 3. The normalized spacial score (nSPS) is 9.84. The van der Waals surface area contributed by atoms with E-state index in [9.17, 15) is 14.4 Å². The lowest BCUT2D eigenvalue weighted by atomic mass is 10.2. The van der Waals surface area contributed by atoms with E-state index in [1.165, 1.54) is 13.0 Å². The average molecular weight is 342 g/mol. The van der Waals surface area contributed by atoms with Gasteiger partial charge in [-0.1, -0.05) is 12.1 Å². The van der Waals surface area contributed by atoms with Crippen molar-refractivity contribution < 1.29 is 19.1 Å². The molecule has 1 heterocycles. The molecule has 0 aliphatic rings. The summed E-state index contributed by atoms with van der Waals surface area (Å²) in [5.41, 5.74) is 0.770. The van der Waals surface area contributed by atoms with E-state index in [-0.39, 0.29) is 12.5 Å². The molecule has 3 N–H and O–H groups in total. The summed E-state index contributed by atoms with van der Waals surface area (Å²) in [5, 5.41) is 7.70. The van der Waals surface area contributed by atoms with Crippen molar-refractivity contribution in [1.29, 1.82) is 0 Å². The number of hydrogen-bond acceptors (Lipinski definition) is 5. The SMILES string of the molecule is CCOC(=O)Nc1cccc(C(=O)Nc2cccc(NC(C)=O)n2)c1. The van der Waals surface area contributed by atoms with Crippen LogP contribution >= 0.6 is 0 Å². The molecule has 1 aromatic heterocycles. The topological polar surface area (TPSA) is 109 Å². The molecule has 0 atom stereocenters. The zero-order valence-corrected chi connectivity index (χ0v) is 13.8. The Bertz CT molecular complexity index is 792. The number of amides is 3. The van der Waals surface area contributed by atoms with Gasteiger partial charge in [-0.15, -0.1) is 0 Å². The van der Waals surface area contributed by atoms with Gasteiger partial charge in [0.05, 0.1) is 6.61 Å². The highest BCUT2D eigenvalue weighted by Crippen LogP contribution is 2.14. The van der Waals surface area contributed by atoms with E-state index in [1.807, 2.05) is 0 Å². The number of hydrogen-bond donors (Lipinski definition) is 3. The van der Waals surface area contributed by atoms with E-state index in [0.717, 1.165) is 0 Å². The summed E-state index contributed by atoms with van der Waals surface area (Å²) in [6, 6.07) is 11.3. The molecule has 0 bridgehead atoms. The van der Waals surface area contributed by atoms with Crippen molar-refractivity contribution in [3.05, 3.63) is 48.0 Å². The van der Waals surface area contributed by atoms with Crippen molar-refractivity contribution in [1.82, 2.24) is 4.98 Å². The van der Waals surface area contributed by atoms with Crippen LogP contribution in [-0.2, 0) is 9.53 Å². The number of benzene rings is 1. The summed E-state index contributed by atoms with van der Waals surface area (Å²) in [5.74, 6) is -0.0308. The van der Waals surface area contributed by atoms with Gasteiger partial charge in [-0.2, -0.15) is 0 Å². The zero-order valence-electron chi connectivity index (χ0n) is 13.8. The highest BCUT2D eigenvalue weighted by atomic mass is 16.5. The molecule has 8 heteroatoms. The molecule has 0 radical (unpaired) electrons. The van der Waals surface area contributed by atoms with Crippen LogP contribution in [0.15, 0.2) is 42.5 Å². The molecule has 0 unspecified atom stereocenters. The first-order valence-corrected chi connectivity index (χ1v) is 7.57. The molecule has 130 valence electrons. The van der Waals surface area contributed by atoms with E-state index in [4.69, 9.17) is 4.74 Å². The number of aromatic nitrogens is 1. The summed E-state index contributed by atoms with van der Waals surface area (Å²) < 4.78 is 4.79. The van der Waals surface area contributed by atoms with Crippen molar-refractivity contribution in [3.8, 4) is 0 Å². The second-order valence-electron chi connectivity index (χ2n) is 4.97. The fourth-order valence-corrected chi connectivity index (χ4v) is 1.97. The lowest BCUT2D eigenvalue weighted by Gasteiger charge is -2.09. The quantitative estimate of drug-likeness (QED) is 0.774. The monoisotopic (exact) mass is 342 g/mol. The van der Waals surface area contributed by atoms with Gasteiger partial charge in [-0.3, -0.25) is 14.9 Å². The molecular weight excluding hydrogens is 324 g/mol. The van der Waals surface area contributed by atoms with E-state index < -0.39 is 12.0 Å². The van der Waals surface area contributed by atoms with Gasteiger partial charge in [0.1, 0.15) is 11.6 Å². The fraction of sp³-hybridized carbons (Fsp3) is 0.176. The number of rotatable bonds is 5. The Labute approximate surface area is 144 Å². The highest BCUT2D eigenvalue weighted by Gasteiger charge is 2.10. The van der Waals surface area contributed by atoms with Crippen molar-refractivity contribution in [2.24, 2.45) is 0 Å². The van der Waals surface area contributed by atoms with Crippen molar-refractivity contribution in [2.75, 3.05) is 22.6 Å². The van der Waals surface area contributed by atoms with Gasteiger partial charge in [0.15, 0.2) is 0 Å². The molecule has 3 amide bonds. The van der Waals surface area contributed by atoms with Crippen LogP contribution in [0.25, 0.3) is 0 Å². The van der Waals surface area contributed by atoms with Crippen molar-refractivity contribution >= 4 is 35.2 Å². The molecule has 0 fully saturated rings. The number of carbonyl (C=O) groups excluding carboxylic acids is 3. The lowest BCUT2D eigenvalue weighted by Crippen LogP contribution is -2.16. The number of carbonyl (C=O) groups is 3. The van der Waals surface area contributed by atoms with Gasteiger partial charge in [0.25, 0.3) is 5.91 Å². The van der Waals surface area contributed by atoms with Crippen LogP contribution in [0.5, 0.6) is 0 Å². The Hall–Kier alpha value is -3.42. The first kappa shape index (κ1) is 17.9. The molecule has 0 saturated heterocycles. The minimum absolute atomic E-state index is 0.252. The molecule has 2 aromatic rings. The molecule has 2 rings (SSSR count). The van der Waals surface area contributed by atoms with Crippen LogP contribution in [0.3, 0.4) is 0 Å². The number of nitrogens with one attached hydrogen (secondary N) is 3. The predicted molar refractivity (Wildman–Crippen MR) is 93.6 cm³/mol. The lowest BCUT2D eigenvalue weighted by molar-refractivity contribution is -0.114. The van der Waals surface area contributed by atoms with Crippen LogP contribution in [0.1, 0.15) is 24.2 Å². The first-order chi connectivity index (χ1) is 12.0. The molecule has 8 nitrogen and oxygen atoms in total. The Balaban J connectivity index is 2.08. The van der Waals surface area contributed by atoms with Gasteiger partial charge >= 0.3 is 6.09 Å². The Morgan fingerprint density at radius 1 is 1.00 bits per heavy atom. The summed E-state index contributed by atoms with van der Waals surface area (Å²) in [7, 11) is 0. The van der Waals surface area contributed by atoms with Crippen LogP contribution < -0.4 is 16.0 Å². The third-order valence-corrected chi connectivity index (χ3v) is 2.94. The van der Waals surface area contributed by atoms with Crippen LogP contribution in [0.4, 0.5) is 22.1 Å². The van der Waals surface area contributed by atoms with E-state index in [0.29, 0.717) is 22.9 Å². The molecule has 0 aliphatic carbocycles. The van der Waals surface area contributed by atoms with Gasteiger partial charge in [0.2, 0.25) is 5.91 Å². The first-order valence-electron chi connectivity index (χ1n) is 7.57. The van der Waals surface area contributed by atoms with Gasteiger partial charge in [0, 0.05) is 18.2 Å². The van der Waals surface area contributed by atoms with E-state index in [2.05, 4.69) is 20.9 Å². The van der Waals surface area contributed by atoms with Crippen molar-refractivity contribution in [2.45, 2.75) is 13.8 Å². The third-order valence-electron chi connectivity index (χ3n) is 2.94. The standard InChI is InChI=1S/C17H18N4O4/c1-3-25-17(24)19-13-7-4-6-12(10-13)16(23)21-15-9-5-8-14(20-15)18-11(2)22/h4-10H,3H2,1-2H3,(H,19,24)(H2,18,20,21,22,23). The van der Waals surface area contributed by atoms with Gasteiger partial charge in [-0.05, 0) is 37.3 Å². The average Bonchev–Trinajstić information content (AvgIpc) is 2.55. The van der Waals surface area contributed by atoms with Crippen LogP contribution in [0, 0.1) is 0 Å². The zero-order chi connectivity index (χ0) is 18.2. The number of ether oxygens (including phenoxy) is 1. The second kappa shape index (κ2) is 8.44. The molecule has 25 heavy (non-hydrogen) atoms. The second-order valence-corrected chi connectivity index (χ2v) is 4.97. The maximum Gasteiger partial charge on any atom is 0.411 e.